The lowest BCUT2D eigenvalue weighted by Gasteiger charge is -2.41. The lowest BCUT2D eigenvalue weighted by Crippen LogP contribution is -2.34. The number of rotatable bonds is 5. The number of aromatic nitrogens is 2. The standard InChI is InChI=1S/C27H38N2O3/c1-19(2)24-12-10-20(3)25-15-23(9-7-6-8-21(17-31-5)14-26(24)25)32-27(30)13-11-22-16-29(4)18-28-22/h6-7,10-11,13,16-19,23-26H,8-9,12,14-15H2,1-5H3/t23-,24-,25+,26-/m1/s1. The zero-order valence-corrected chi connectivity index (χ0v) is 20.2. The zero-order chi connectivity index (χ0) is 23.1. The normalized spacial score (nSPS) is 27.9. The van der Waals surface area contributed by atoms with Crippen molar-refractivity contribution in [3.05, 3.63) is 59.9 Å². The van der Waals surface area contributed by atoms with Gasteiger partial charge in [-0.1, -0.05) is 37.6 Å². The summed E-state index contributed by atoms with van der Waals surface area (Å²) < 4.78 is 13.2. The molecule has 5 heteroatoms. The third kappa shape index (κ3) is 6.47. The van der Waals surface area contributed by atoms with E-state index in [9.17, 15) is 4.79 Å². The zero-order valence-electron chi connectivity index (χ0n) is 20.2. The third-order valence-corrected chi connectivity index (χ3v) is 6.86. The number of fused-ring (bicyclic) bond motifs is 1. The third-order valence-electron chi connectivity index (χ3n) is 6.86. The molecule has 2 aliphatic carbocycles. The smallest absolute Gasteiger partial charge is 0.331 e. The summed E-state index contributed by atoms with van der Waals surface area (Å²) in [6, 6.07) is 0. The molecule has 0 aliphatic heterocycles. The second-order valence-electron chi connectivity index (χ2n) is 9.58. The topological polar surface area (TPSA) is 53.4 Å². The number of allylic oxidation sites excluding steroid dienone is 4. The van der Waals surface area contributed by atoms with Crippen LogP contribution in [0.5, 0.6) is 0 Å². The van der Waals surface area contributed by atoms with Gasteiger partial charge in [0.2, 0.25) is 0 Å². The van der Waals surface area contributed by atoms with Crippen molar-refractivity contribution in [2.24, 2.45) is 30.7 Å². The van der Waals surface area contributed by atoms with Gasteiger partial charge < -0.3 is 14.0 Å². The van der Waals surface area contributed by atoms with Crippen molar-refractivity contribution in [2.75, 3.05) is 7.11 Å². The van der Waals surface area contributed by atoms with E-state index in [1.165, 1.54) is 17.2 Å². The van der Waals surface area contributed by atoms with Crippen molar-refractivity contribution in [3.63, 3.8) is 0 Å². The summed E-state index contributed by atoms with van der Waals surface area (Å²) in [4.78, 5) is 16.8. The van der Waals surface area contributed by atoms with Crippen LogP contribution in [0.4, 0.5) is 0 Å². The molecule has 174 valence electrons. The number of hydrogen-bond acceptors (Lipinski definition) is 4. The summed E-state index contributed by atoms with van der Waals surface area (Å²) in [7, 11) is 3.64. The fourth-order valence-corrected chi connectivity index (χ4v) is 5.19. The van der Waals surface area contributed by atoms with Gasteiger partial charge in [-0.3, -0.25) is 0 Å². The van der Waals surface area contributed by atoms with Crippen molar-refractivity contribution in [2.45, 2.75) is 59.0 Å². The maximum absolute atomic E-state index is 12.6. The number of esters is 1. The summed E-state index contributed by atoms with van der Waals surface area (Å²) in [5, 5.41) is 0. The van der Waals surface area contributed by atoms with Crippen LogP contribution in [-0.4, -0.2) is 28.7 Å². The maximum atomic E-state index is 12.6. The summed E-state index contributed by atoms with van der Waals surface area (Å²) in [6.07, 6.45) is 19.9. The molecule has 0 saturated carbocycles. The lowest BCUT2D eigenvalue weighted by molar-refractivity contribution is -0.143. The number of nitrogens with zero attached hydrogens (tertiary/aromatic N) is 2. The van der Waals surface area contributed by atoms with Crippen molar-refractivity contribution < 1.29 is 14.3 Å². The van der Waals surface area contributed by atoms with Crippen LogP contribution < -0.4 is 0 Å². The van der Waals surface area contributed by atoms with Gasteiger partial charge in [0, 0.05) is 25.7 Å². The fraction of sp³-hybridized carbons (Fsp3) is 0.556. The van der Waals surface area contributed by atoms with E-state index >= 15 is 0 Å². The quantitative estimate of drug-likeness (QED) is 0.250. The highest BCUT2D eigenvalue weighted by Crippen LogP contribution is 2.45. The minimum Gasteiger partial charge on any atom is -0.504 e. The van der Waals surface area contributed by atoms with Crippen molar-refractivity contribution in [3.8, 4) is 0 Å². The molecule has 0 fully saturated rings. The Morgan fingerprint density at radius 2 is 2.09 bits per heavy atom. The molecule has 1 aromatic heterocycles. The first-order valence-electron chi connectivity index (χ1n) is 11.8. The summed E-state index contributed by atoms with van der Waals surface area (Å²) in [6.45, 7) is 6.90. The summed E-state index contributed by atoms with van der Waals surface area (Å²) >= 11 is 0. The molecular formula is C27H38N2O3. The van der Waals surface area contributed by atoms with Gasteiger partial charge in [0.25, 0.3) is 0 Å². The van der Waals surface area contributed by atoms with Gasteiger partial charge in [-0.05, 0) is 67.9 Å². The largest absolute Gasteiger partial charge is 0.504 e. The molecule has 0 unspecified atom stereocenters. The van der Waals surface area contributed by atoms with Crippen LogP contribution in [0.25, 0.3) is 6.08 Å². The first-order valence-corrected chi connectivity index (χ1v) is 11.8. The Hall–Kier alpha value is -2.56. The van der Waals surface area contributed by atoms with Crippen LogP contribution in [0.2, 0.25) is 0 Å². The molecule has 0 spiro atoms. The van der Waals surface area contributed by atoms with E-state index in [2.05, 4.69) is 44.0 Å². The maximum Gasteiger partial charge on any atom is 0.331 e. The number of ether oxygens (including phenoxy) is 2. The molecule has 0 aromatic carbocycles. The number of hydrogen-bond donors (Lipinski definition) is 0. The minimum atomic E-state index is -0.305. The molecule has 0 saturated heterocycles. The molecule has 32 heavy (non-hydrogen) atoms. The first-order chi connectivity index (χ1) is 15.4. The average Bonchev–Trinajstić information content (AvgIpc) is 3.17. The van der Waals surface area contributed by atoms with E-state index in [0.29, 0.717) is 23.7 Å². The molecule has 1 heterocycles. The number of imidazole rings is 1. The number of carbonyl (C=O) groups is 1. The molecule has 2 aliphatic rings. The Morgan fingerprint density at radius 3 is 2.78 bits per heavy atom. The monoisotopic (exact) mass is 438 g/mol. The van der Waals surface area contributed by atoms with E-state index in [0.717, 1.165) is 37.8 Å². The van der Waals surface area contributed by atoms with Crippen molar-refractivity contribution >= 4 is 12.0 Å². The van der Waals surface area contributed by atoms with Gasteiger partial charge >= 0.3 is 5.97 Å². The second kappa shape index (κ2) is 11.3. The molecular weight excluding hydrogens is 400 g/mol. The number of methoxy groups -OCH3 is 1. The van der Waals surface area contributed by atoms with Crippen LogP contribution in [0.1, 0.15) is 58.6 Å². The van der Waals surface area contributed by atoms with E-state index in [1.807, 2.05) is 24.1 Å². The van der Waals surface area contributed by atoms with Gasteiger partial charge in [0.1, 0.15) is 6.10 Å². The van der Waals surface area contributed by atoms with Crippen LogP contribution >= 0.6 is 0 Å². The van der Waals surface area contributed by atoms with Crippen LogP contribution in [0, 0.1) is 23.7 Å². The summed E-state index contributed by atoms with van der Waals surface area (Å²) in [5.41, 5.74) is 3.52. The van der Waals surface area contributed by atoms with Crippen LogP contribution in [-0.2, 0) is 21.3 Å². The molecule has 0 radical (unpaired) electrons. The second-order valence-corrected chi connectivity index (χ2v) is 9.58. The minimum absolute atomic E-state index is 0.137. The molecule has 1 aromatic rings. The Labute approximate surface area is 192 Å². The molecule has 4 atom stereocenters. The van der Waals surface area contributed by atoms with Crippen molar-refractivity contribution in [1.29, 1.82) is 0 Å². The Morgan fingerprint density at radius 1 is 1.28 bits per heavy atom. The molecule has 0 bridgehead atoms. The van der Waals surface area contributed by atoms with Crippen LogP contribution in [0.15, 0.2) is 54.2 Å². The molecule has 3 rings (SSSR count). The van der Waals surface area contributed by atoms with Gasteiger partial charge in [0.15, 0.2) is 0 Å². The summed E-state index contributed by atoms with van der Waals surface area (Å²) in [5.74, 6) is 1.85. The SMILES string of the molecule is COC=C1CC=CC[C@@H](OC(=O)C=Cc2cn(C)cn2)C[C@H]2C(C)=CC[C@H](C(C)C)[C@H]2C1. The lowest BCUT2D eigenvalue weighted by atomic mass is 9.64. The Kier molecular flexibility index (Phi) is 8.54. The van der Waals surface area contributed by atoms with Crippen molar-refractivity contribution in [1.82, 2.24) is 9.55 Å². The van der Waals surface area contributed by atoms with E-state index < -0.39 is 0 Å². The van der Waals surface area contributed by atoms with Crippen LogP contribution in [0.3, 0.4) is 0 Å². The van der Waals surface area contributed by atoms with E-state index in [-0.39, 0.29) is 12.1 Å². The predicted molar refractivity (Wildman–Crippen MR) is 129 cm³/mol. The Balaban J connectivity index is 1.80. The van der Waals surface area contributed by atoms with Gasteiger partial charge in [0.05, 0.1) is 25.4 Å². The van der Waals surface area contributed by atoms with Gasteiger partial charge in [-0.2, -0.15) is 0 Å². The molecule has 0 N–H and O–H groups in total. The van der Waals surface area contributed by atoms with Gasteiger partial charge in [-0.15, -0.1) is 0 Å². The highest BCUT2D eigenvalue weighted by molar-refractivity contribution is 5.86. The molecule has 0 amide bonds. The predicted octanol–water partition coefficient (Wildman–Crippen LogP) is 5.86. The van der Waals surface area contributed by atoms with Gasteiger partial charge in [-0.25, -0.2) is 9.78 Å². The van der Waals surface area contributed by atoms with E-state index in [4.69, 9.17) is 9.47 Å². The number of aryl methyl sites for hydroxylation is 1. The fourth-order valence-electron chi connectivity index (χ4n) is 5.19. The first kappa shape index (κ1) is 24.1. The highest BCUT2D eigenvalue weighted by atomic mass is 16.5. The van der Waals surface area contributed by atoms with E-state index in [1.54, 1.807) is 19.5 Å². The average molecular weight is 439 g/mol. The number of carbonyl (C=O) groups excluding carboxylic acids is 1. The highest BCUT2D eigenvalue weighted by Gasteiger charge is 2.37. The Bertz CT molecular complexity index is 890. The molecule has 5 nitrogen and oxygen atoms in total.